The molecule has 3 heterocycles. The zero-order valence-corrected chi connectivity index (χ0v) is 16.2. The number of aromatic nitrogens is 3. The van der Waals surface area contributed by atoms with Gasteiger partial charge in [-0.25, -0.2) is 9.67 Å². The number of likely N-dealkylation sites (tertiary alicyclic amines) is 1. The minimum atomic E-state index is -0.243. The number of nitrogens with one attached hydrogen (secondary N) is 1. The summed E-state index contributed by atoms with van der Waals surface area (Å²) in [5.74, 6) is -0.798. The van der Waals surface area contributed by atoms with E-state index in [4.69, 9.17) is 0 Å². The van der Waals surface area contributed by atoms with Gasteiger partial charge >= 0.3 is 0 Å². The maximum Gasteiger partial charge on any atom is 0.233 e. The Balaban J connectivity index is 1.37. The van der Waals surface area contributed by atoms with Gasteiger partial charge in [-0.05, 0) is 32.8 Å². The maximum absolute atomic E-state index is 12.5. The van der Waals surface area contributed by atoms with Crippen molar-refractivity contribution in [1.82, 2.24) is 19.7 Å². The van der Waals surface area contributed by atoms with Crippen LogP contribution in [-0.2, 0) is 14.4 Å². The number of carbonyl (C=O) groups is 3. The third-order valence-electron chi connectivity index (χ3n) is 5.70. The third kappa shape index (κ3) is 3.27. The summed E-state index contributed by atoms with van der Waals surface area (Å²) >= 11 is 0. The molecule has 1 saturated heterocycles. The molecule has 2 fully saturated rings. The molecule has 2 aliphatic rings. The van der Waals surface area contributed by atoms with E-state index in [-0.39, 0.29) is 48.6 Å². The summed E-state index contributed by atoms with van der Waals surface area (Å²) in [7, 11) is 0. The number of imide groups is 1. The second-order valence-electron chi connectivity index (χ2n) is 7.94. The first-order valence-electron chi connectivity index (χ1n) is 9.94. The first kappa shape index (κ1) is 18.6. The predicted octanol–water partition coefficient (Wildman–Crippen LogP) is 2.52. The molecule has 148 valence electrons. The van der Waals surface area contributed by atoms with Gasteiger partial charge < -0.3 is 5.32 Å². The van der Waals surface area contributed by atoms with Crippen molar-refractivity contribution in [3.05, 3.63) is 18.5 Å². The van der Waals surface area contributed by atoms with E-state index in [1.807, 2.05) is 24.6 Å². The second-order valence-corrected chi connectivity index (χ2v) is 7.94. The van der Waals surface area contributed by atoms with Gasteiger partial charge in [0.1, 0.15) is 0 Å². The SMILES string of the molecule is CC(C)n1ncc2cc(NC(=O)CCN3C(=O)C4CCCCC4C3=O)cnc21. The molecule has 2 unspecified atom stereocenters. The Kier molecular flexibility index (Phi) is 4.87. The van der Waals surface area contributed by atoms with E-state index in [1.165, 1.54) is 4.90 Å². The largest absolute Gasteiger partial charge is 0.325 e. The fourth-order valence-electron chi connectivity index (χ4n) is 4.27. The Morgan fingerprint density at radius 1 is 1.18 bits per heavy atom. The van der Waals surface area contributed by atoms with Crippen molar-refractivity contribution in [3.8, 4) is 0 Å². The van der Waals surface area contributed by atoms with Gasteiger partial charge in [0.25, 0.3) is 0 Å². The van der Waals surface area contributed by atoms with Gasteiger partial charge in [-0.15, -0.1) is 0 Å². The molecule has 2 aromatic rings. The molecule has 8 heteroatoms. The quantitative estimate of drug-likeness (QED) is 0.800. The molecule has 8 nitrogen and oxygen atoms in total. The molecule has 1 saturated carbocycles. The van der Waals surface area contributed by atoms with Crippen molar-refractivity contribution in [2.45, 2.75) is 52.0 Å². The minimum absolute atomic E-state index is 0.0835. The summed E-state index contributed by atoms with van der Waals surface area (Å²) in [5, 5.41) is 7.96. The molecule has 0 spiro atoms. The van der Waals surface area contributed by atoms with Crippen LogP contribution in [-0.4, -0.2) is 43.9 Å². The summed E-state index contributed by atoms with van der Waals surface area (Å²) in [6.45, 7) is 4.19. The van der Waals surface area contributed by atoms with E-state index in [2.05, 4.69) is 15.4 Å². The lowest BCUT2D eigenvalue weighted by Crippen LogP contribution is -2.34. The van der Waals surface area contributed by atoms with Crippen LogP contribution in [0.5, 0.6) is 0 Å². The van der Waals surface area contributed by atoms with Crippen molar-refractivity contribution in [1.29, 1.82) is 0 Å². The van der Waals surface area contributed by atoms with Crippen LogP contribution < -0.4 is 5.32 Å². The van der Waals surface area contributed by atoms with Crippen LogP contribution in [0.25, 0.3) is 11.0 Å². The maximum atomic E-state index is 12.5. The van der Waals surface area contributed by atoms with Crippen LogP contribution in [0.3, 0.4) is 0 Å². The average molecular weight is 383 g/mol. The van der Waals surface area contributed by atoms with Crippen molar-refractivity contribution < 1.29 is 14.4 Å². The minimum Gasteiger partial charge on any atom is -0.325 e. The highest BCUT2D eigenvalue weighted by Crippen LogP contribution is 2.38. The average Bonchev–Trinajstić information content (AvgIpc) is 3.20. The van der Waals surface area contributed by atoms with Crippen LogP contribution >= 0.6 is 0 Å². The highest BCUT2D eigenvalue weighted by atomic mass is 16.2. The van der Waals surface area contributed by atoms with Gasteiger partial charge in [-0.3, -0.25) is 19.3 Å². The molecular formula is C20H25N5O3. The number of hydrogen-bond acceptors (Lipinski definition) is 5. The van der Waals surface area contributed by atoms with Gasteiger partial charge in [0.05, 0.1) is 29.9 Å². The lowest BCUT2D eigenvalue weighted by molar-refractivity contribution is -0.140. The molecule has 2 atom stereocenters. The molecule has 0 aromatic carbocycles. The van der Waals surface area contributed by atoms with Gasteiger partial charge in [-0.2, -0.15) is 5.10 Å². The highest BCUT2D eigenvalue weighted by Gasteiger charge is 2.47. The lowest BCUT2D eigenvalue weighted by atomic mass is 9.81. The van der Waals surface area contributed by atoms with Crippen molar-refractivity contribution in [2.24, 2.45) is 11.8 Å². The van der Waals surface area contributed by atoms with Gasteiger partial charge in [0, 0.05) is 24.4 Å². The number of anilines is 1. The molecule has 28 heavy (non-hydrogen) atoms. The summed E-state index contributed by atoms with van der Waals surface area (Å²) < 4.78 is 1.82. The lowest BCUT2D eigenvalue weighted by Gasteiger charge is -2.19. The Morgan fingerprint density at radius 2 is 1.86 bits per heavy atom. The van der Waals surface area contributed by atoms with Crippen molar-refractivity contribution in [2.75, 3.05) is 11.9 Å². The number of pyridine rings is 1. The van der Waals surface area contributed by atoms with E-state index in [9.17, 15) is 14.4 Å². The molecule has 1 aliphatic carbocycles. The predicted molar refractivity (Wildman–Crippen MR) is 103 cm³/mol. The summed E-state index contributed by atoms with van der Waals surface area (Å²) in [6.07, 6.45) is 6.97. The number of nitrogens with zero attached hydrogens (tertiary/aromatic N) is 4. The van der Waals surface area contributed by atoms with Crippen molar-refractivity contribution >= 4 is 34.4 Å². The van der Waals surface area contributed by atoms with Crippen LogP contribution in [0.15, 0.2) is 18.5 Å². The van der Waals surface area contributed by atoms with Crippen LogP contribution in [0.4, 0.5) is 5.69 Å². The topological polar surface area (TPSA) is 97.2 Å². The molecule has 0 radical (unpaired) electrons. The van der Waals surface area contributed by atoms with Gasteiger partial charge in [0.15, 0.2) is 5.65 Å². The van der Waals surface area contributed by atoms with Crippen LogP contribution in [0, 0.1) is 11.8 Å². The van der Waals surface area contributed by atoms with Gasteiger partial charge in [-0.1, -0.05) is 12.8 Å². The second kappa shape index (κ2) is 7.33. The molecular weight excluding hydrogens is 358 g/mol. The molecule has 2 aromatic heterocycles. The molecule has 0 bridgehead atoms. The van der Waals surface area contributed by atoms with E-state index < -0.39 is 0 Å². The van der Waals surface area contributed by atoms with Crippen LogP contribution in [0.1, 0.15) is 52.0 Å². The number of rotatable bonds is 5. The zero-order chi connectivity index (χ0) is 19.8. The molecule has 3 amide bonds. The third-order valence-corrected chi connectivity index (χ3v) is 5.70. The summed E-state index contributed by atoms with van der Waals surface area (Å²) in [4.78, 5) is 43.0. The Bertz CT molecular complexity index is 911. The monoisotopic (exact) mass is 383 g/mol. The number of hydrogen-bond donors (Lipinski definition) is 1. The molecule has 4 rings (SSSR count). The zero-order valence-electron chi connectivity index (χ0n) is 16.2. The Labute approximate surface area is 163 Å². The smallest absolute Gasteiger partial charge is 0.233 e. The van der Waals surface area contributed by atoms with E-state index in [0.717, 1.165) is 36.7 Å². The standard InChI is InChI=1S/C20H25N5O3/c1-12(2)25-18-13(10-22-25)9-14(11-21-18)23-17(26)7-8-24-19(27)15-5-3-4-6-16(15)20(24)28/h9-12,15-16H,3-8H2,1-2H3,(H,23,26). The Morgan fingerprint density at radius 3 is 2.50 bits per heavy atom. The van der Waals surface area contributed by atoms with E-state index >= 15 is 0 Å². The molecule has 1 aliphatic heterocycles. The fourth-order valence-corrected chi connectivity index (χ4v) is 4.27. The first-order valence-corrected chi connectivity index (χ1v) is 9.94. The first-order chi connectivity index (χ1) is 13.5. The normalized spacial score (nSPS) is 22.2. The number of carbonyl (C=O) groups excluding carboxylic acids is 3. The number of fused-ring (bicyclic) bond motifs is 2. The molecule has 1 N–H and O–H groups in total. The van der Waals surface area contributed by atoms with Crippen LogP contribution in [0.2, 0.25) is 0 Å². The van der Waals surface area contributed by atoms with E-state index in [0.29, 0.717) is 5.69 Å². The van der Waals surface area contributed by atoms with Crippen molar-refractivity contribution in [3.63, 3.8) is 0 Å². The Hall–Kier alpha value is -2.77. The fraction of sp³-hybridized carbons (Fsp3) is 0.550. The summed E-state index contributed by atoms with van der Waals surface area (Å²) in [6, 6.07) is 2.02. The number of amides is 3. The van der Waals surface area contributed by atoms with Gasteiger partial charge in [0.2, 0.25) is 17.7 Å². The summed E-state index contributed by atoms with van der Waals surface area (Å²) in [5.41, 5.74) is 1.34. The highest BCUT2D eigenvalue weighted by molar-refractivity contribution is 6.05. The van der Waals surface area contributed by atoms with E-state index in [1.54, 1.807) is 12.4 Å².